The molecule has 1 aromatic heterocycles. The van der Waals surface area contributed by atoms with E-state index in [1.165, 1.54) is 6.08 Å². The molecule has 0 unspecified atom stereocenters. The minimum Gasteiger partial charge on any atom is -0.481 e. The van der Waals surface area contributed by atoms with Gasteiger partial charge in [0.05, 0.1) is 7.11 Å². The average Bonchev–Trinajstić information content (AvgIpc) is 2.45. The number of aryl methyl sites for hydroxylation is 1. The van der Waals surface area contributed by atoms with Crippen molar-refractivity contribution in [2.24, 2.45) is 0 Å². The van der Waals surface area contributed by atoms with E-state index in [1.54, 1.807) is 19.4 Å². The molecule has 0 amide bonds. The van der Waals surface area contributed by atoms with Gasteiger partial charge in [-0.05, 0) is 41.1 Å². The smallest absolute Gasteiger partial charge is 0.220 e. The van der Waals surface area contributed by atoms with Gasteiger partial charge in [-0.25, -0.2) is 4.98 Å². The van der Waals surface area contributed by atoms with E-state index in [0.717, 1.165) is 15.6 Å². The Balaban J connectivity index is 2.22. The highest BCUT2D eigenvalue weighted by Crippen LogP contribution is 2.21. The Morgan fingerprint density at radius 1 is 1.30 bits per heavy atom. The third-order valence-corrected chi connectivity index (χ3v) is 3.22. The second-order valence-electron chi connectivity index (χ2n) is 4.32. The highest BCUT2D eigenvalue weighted by molar-refractivity contribution is 9.10. The van der Waals surface area contributed by atoms with Gasteiger partial charge in [0, 0.05) is 21.8 Å². The van der Waals surface area contributed by atoms with E-state index in [9.17, 15) is 4.79 Å². The second kappa shape index (κ2) is 6.48. The third-order valence-electron chi connectivity index (χ3n) is 2.79. The summed E-state index contributed by atoms with van der Waals surface area (Å²) in [5.74, 6) is 0.438. The molecule has 20 heavy (non-hydrogen) atoms. The first-order valence-electron chi connectivity index (χ1n) is 6.09. The van der Waals surface area contributed by atoms with Crippen LogP contribution < -0.4 is 4.74 Å². The molecule has 102 valence electrons. The number of carbonyl (C=O) groups is 1. The molecule has 0 fully saturated rings. The molecule has 0 saturated carbocycles. The number of benzene rings is 1. The van der Waals surface area contributed by atoms with Gasteiger partial charge in [-0.3, -0.25) is 4.79 Å². The molecule has 0 aliphatic heterocycles. The number of methoxy groups -OCH3 is 1. The minimum absolute atomic E-state index is 0.0490. The molecule has 0 aliphatic carbocycles. The summed E-state index contributed by atoms with van der Waals surface area (Å²) < 4.78 is 5.99. The summed E-state index contributed by atoms with van der Waals surface area (Å²) >= 11 is 3.35. The molecule has 2 aromatic rings. The van der Waals surface area contributed by atoms with Crippen LogP contribution in [0.5, 0.6) is 5.88 Å². The van der Waals surface area contributed by atoms with Gasteiger partial charge in [-0.2, -0.15) is 0 Å². The lowest BCUT2D eigenvalue weighted by molar-refractivity contribution is 0.104. The van der Waals surface area contributed by atoms with Crippen LogP contribution in [0.4, 0.5) is 0 Å². The van der Waals surface area contributed by atoms with Crippen LogP contribution in [0, 0.1) is 6.92 Å². The zero-order chi connectivity index (χ0) is 14.5. The maximum Gasteiger partial charge on any atom is 0.220 e. The van der Waals surface area contributed by atoms with E-state index in [1.807, 2.05) is 37.3 Å². The lowest BCUT2D eigenvalue weighted by Gasteiger charge is -2.03. The van der Waals surface area contributed by atoms with E-state index in [4.69, 9.17) is 4.74 Å². The Kier molecular flexibility index (Phi) is 4.69. The molecule has 4 heteroatoms. The zero-order valence-corrected chi connectivity index (χ0v) is 12.8. The summed E-state index contributed by atoms with van der Waals surface area (Å²) in [6.45, 7) is 1.99. The first kappa shape index (κ1) is 14.5. The lowest BCUT2D eigenvalue weighted by Crippen LogP contribution is -1.95. The predicted molar refractivity (Wildman–Crippen MR) is 83.0 cm³/mol. The third kappa shape index (κ3) is 3.54. The fraction of sp³-hybridized carbons (Fsp3) is 0.125. The molecule has 0 spiro atoms. The summed E-state index contributed by atoms with van der Waals surface area (Å²) in [5, 5.41) is 0. The number of pyridine rings is 1. The number of halogens is 1. The Labute approximate surface area is 126 Å². The molecule has 3 nitrogen and oxygen atoms in total. The predicted octanol–water partition coefficient (Wildman–Crippen LogP) is 4.06. The number of aromatic nitrogens is 1. The van der Waals surface area contributed by atoms with Crippen molar-refractivity contribution in [3.8, 4) is 5.88 Å². The molecule has 1 aromatic carbocycles. The molecule has 0 bridgehead atoms. The van der Waals surface area contributed by atoms with Gasteiger partial charge in [-0.15, -0.1) is 0 Å². The number of nitrogens with zero attached hydrogens (tertiary/aromatic N) is 1. The standard InChI is InChI=1S/C16H14BrNO2/c1-11-3-5-12(6-4-11)15(19)8-7-13-9-14(17)10-18-16(13)20-2/h3-10H,1-2H3/b8-7+. The number of hydrogen-bond donors (Lipinski definition) is 0. The summed E-state index contributed by atoms with van der Waals surface area (Å²) in [6.07, 6.45) is 4.88. The zero-order valence-electron chi connectivity index (χ0n) is 11.3. The Bertz CT molecular complexity index is 648. The molecular weight excluding hydrogens is 318 g/mol. The molecular formula is C16H14BrNO2. The number of hydrogen-bond acceptors (Lipinski definition) is 3. The number of carbonyl (C=O) groups excluding carboxylic acids is 1. The van der Waals surface area contributed by atoms with Crippen LogP contribution in [-0.4, -0.2) is 17.9 Å². The molecule has 0 saturated heterocycles. The summed E-state index contributed by atoms with van der Waals surface area (Å²) in [4.78, 5) is 16.2. The first-order valence-corrected chi connectivity index (χ1v) is 6.88. The molecule has 0 radical (unpaired) electrons. The normalized spacial score (nSPS) is 10.8. The summed E-state index contributed by atoms with van der Waals surface area (Å²) in [5.41, 5.74) is 2.54. The van der Waals surface area contributed by atoms with Gasteiger partial charge < -0.3 is 4.74 Å². The number of ether oxygens (including phenoxy) is 1. The van der Waals surface area contributed by atoms with Gasteiger partial charge >= 0.3 is 0 Å². The maximum absolute atomic E-state index is 12.1. The first-order chi connectivity index (χ1) is 9.60. The van der Waals surface area contributed by atoms with Crippen molar-refractivity contribution in [3.63, 3.8) is 0 Å². The van der Waals surface area contributed by atoms with Crippen LogP contribution >= 0.6 is 15.9 Å². The number of rotatable bonds is 4. The summed E-state index contributed by atoms with van der Waals surface area (Å²) in [7, 11) is 1.55. The SMILES string of the molecule is COc1ncc(Br)cc1/C=C/C(=O)c1ccc(C)cc1. The fourth-order valence-corrected chi connectivity index (χ4v) is 2.06. The Morgan fingerprint density at radius 2 is 2.00 bits per heavy atom. The van der Waals surface area contributed by atoms with Crippen molar-refractivity contribution in [2.75, 3.05) is 7.11 Å². The van der Waals surface area contributed by atoms with Crippen molar-refractivity contribution in [1.29, 1.82) is 0 Å². The van der Waals surface area contributed by atoms with Gasteiger partial charge in [-0.1, -0.05) is 29.8 Å². The molecule has 2 rings (SSSR count). The van der Waals surface area contributed by atoms with Gasteiger partial charge in [0.1, 0.15) is 0 Å². The van der Waals surface area contributed by atoms with Crippen LogP contribution in [0.1, 0.15) is 21.5 Å². The van der Waals surface area contributed by atoms with E-state index < -0.39 is 0 Å². The van der Waals surface area contributed by atoms with Crippen molar-refractivity contribution in [3.05, 3.63) is 63.8 Å². The molecule has 0 aliphatic rings. The van der Waals surface area contributed by atoms with Crippen LogP contribution in [-0.2, 0) is 0 Å². The van der Waals surface area contributed by atoms with Gasteiger partial charge in [0.25, 0.3) is 0 Å². The van der Waals surface area contributed by atoms with Crippen LogP contribution in [0.2, 0.25) is 0 Å². The molecule has 0 atom stereocenters. The largest absolute Gasteiger partial charge is 0.481 e. The number of allylic oxidation sites excluding steroid dienone is 1. The topological polar surface area (TPSA) is 39.2 Å². The fourth-order valence-electron chi connectivity index (χ4n) is 1.71. The highest BCUT2D eigenvalue weighted by Gasteiger charge is 2.04. The van der Waals surface area contributed by atoms with Crippen molar-refractivity contribution in [1.82, 2.24) is 4.98 Å². The monoisotopic (exact) mass is 331 g/mol. The average molecular weight is 332 g/mol. The van der Waals surface area contributed by atoms with E-state index >= 15 is 0 Å². The molecule has 0 N–H and O–H groups in total. The Hall–Kier alpha value is -1.94. The Morgan fingerprint density at radius 3 is 2.65 bits per heavy atom. The van der Waals surface area contributed by atoms with Crippen LogP contribution in [0.25, 0.3) is 6.08 Å². The van der Waals surface area contributed by atoms with E-state index in [2.05, 4.69) is 20.9 Å². The van der Waals surface area contributed by atoms with Gasteiger partial charge in [0.15, 0.2) is 5.78 Å². The van der Waals surface area contributed by atoms with Crippen molar-refractivity contribution >= 4 is 27.8 Å². The second-order valence-corrected chi connectivity index (χ2v) is 5.23. The molecule has 1 heterocycles. The maximum atomic E-state index is 12.1. The minimum atomic E-state index is -0.0490. The number of ketones is 1. The quantitative estimate of drug-likeness (QED) is 0.626. The highest BCUT2D eigenvalue weighted by atomic mass is 79.9. The van der Waals surface area contributed by atoms with E-state index in [-0.39, 0.29) is 5.78 Å². The summed E-state index contributed by atoms with van der Waals surface area (Å²) in [6, 6.07) is 9.33. The van der Waals surface area contributed by atoms with Gasteiger partial charge in [0.2, 0.25) is 5.88 Å². The van der Waals surface area contributed by atoms with Crippen molar-refractivity contribution < 1.29 is 9.53 Å². The van der Waals surface area contributed by atoms with E-state index in [0.29, 0.717) is 11.4 Å². The van der Waals surface area contributed by atoms with Crippen molar-refractivity contribution in [2.45, 2.75) is 6.92 Å². The lowest BCUT2D eigenvalue weighted by atomic mass is 10.1. The van der Waals surface area contributed by atoms with Crippen LogP contribution in [0.3, 0.4) is 0 Å². The van der Waals surface area contributed by atoms with Crippen LogP contribution in [0.15, 0.2) is 47.1 Å².